The van der Waals surface area contributed by atoms with Gasteiger partial charge < -0.3 is 10.6 Å². The largest absolute Gasteiger partial charge is 0.354 e. The molecular weight excluding hydrogens is 334 g/mol. The van der Waals surface area contributed by atoms with Gasteiger partial charge in [-0.2, -0.15) is 0 Å². The molecule has 0 aromatic heterocycles. The van der Waals surface area contributed by atoms with Gasteiger partial charge in [-0.05, 0) is 75.2 Å². The Morgan fingerprint density at radius 1 is 1.15 bits per heavy atom. The Morgan fingerprint density at radius 2 is 1.81 bits per heavy atom. The van der Waals surface area contributed by atoms with E-state index in [-0.39, 0.29) is 11.9 Å². The Kier molecular flexibility index (Phi) is 7.71. The van der Waals surface area contributed by atoms with Crippen molar-refractivity contribution in [3.05, 3.63) is 35.9 Å². The van der Waals surface area contributed by atoms with Crippen molar-refractivity contribution >= 4 is 5.91 Å². The normalized spacial score (nSPS) is 22.3. The van der Waals surface area contributed by atoms with Gasteiger partial charge in [0.05, 0.1) is 6.04 Å². The van der Waals surface area contributed by atoms with Crippen LogP contribution in [0, 0.1) is 17.8 Å². The van der Waals surface area contributed by atoms with Crippen molar-refractivity contribution in [3.8, 4) is 0 Å². The molecule has 0 spiro atoms. The van der Waals surface area contributed by atoms with Crippen LogP contribution in [0.1, 0.15) is 57.6 Å². The number of carbonyl (C=O) groups is 1. The molecule has 1 aromatic rings. The first-order valence-electron chi connectivity index (χ1n) is 10.9. The lowest BCUT2D eigenvalue weighted by Gasteiger charge is -2.37. The van der Waals surface area contributed by atoms with Crippen molar-refractivity contribution in [2.75, 3.05) is 32.7 Å². The molecule has 2 unspecified atom stereocenters. The SMILES string of the molecule is CC1CCN(C(CNC(=O)CC(C)C2CCNCC2)c2ccccc2)CC1. The molecule has 150 valence electrons. The van der Waals surface area contributed by atoms with Gasteiger partial charge in [-0.15, -0.1) is 0 Å². The zero-order chi connectivity index (χ0) is 19.1. The van der Waals surface area contributed by atoms with Gasteiger partial charge in [0.25, 0.3) is 0 Å². The quantitative estimate of drug-likeness (QED) is 0.770. The predicted molar refractivity (Wildman–Crippen MR) is 112 cm³/mol. The van der Waals surface area contributed by atoms with Crippen LogP contribution in [0.5, 0.6) is 0 Å². The van der Waals surface area contributed by atoms with Crippen LogP contribution in [0.25, 0.3) is 0 Å². The highest BCUT2D eigenvalue weighted by Gasteiger charge is 2.26. The zero-order valence-corrected chi connectivity index (χ0v) is 17.1. The molecule has 2 atom stereocenters. The number of likely N-dealkylation sites (tertiary alicyclic amines) is 1. The van der Waals surface area contributed by atoms with Gasteiger partial charge in [0.15, 0.2) is 0 Å². The monoisotopic (exact) mass is 371 g/mol. The van der Waals surface area contributed by atoms with Gasteiger partial charge in [0, 0.05) is 13.0 Å². The van der Waals surface area contributed by atoms with E-state index in [4.69, 9.17) is 0 Å². The Bertz CT molecular complexity index is 562. The Labute approximate surface area is 165 Å². The summed E-state index contributed by atoms with van der Waals surface area (Å²) in [6.07, 6.45) is 5.57. The highest BCUT2D eigenvalue weighted by Crippen LogP contribution is 2.27. The molecule has 0 radical (unpaired) electrons. The minimum absolute atomic E-state index is 0.215. The van der Waals surface area contributed by atoms with Crippen LogP contribution >= 0.6 is 0 Å². The van der Waals surface area contributed by atoms with Crippen LogP contribution in [-0.4, -0.2) is 43.5 Å². The summed E-state index contributed by atoms with van der Waals surface area (Å²) >= 11 is 0. The zero-order valence-electron chi connectivity index (χ0n) is 17.1. The molecule has 2 heterocycles. The number of nitrogens with zero attached hydrogens (tertiary/aromatic N) is 1. The third kappa shape index (κ3) is 6.05. The van der Waals surface area contributed by atoms with Crippen molar-refractivity contribution in [2.45, 2.75) is 52.0 Å². The van der Waals surface area contributed by atoms with E-state index in [1.54, 1.807) is 0 Å². The summed E-state index contributed by atoms with van der Waals surface area (Å²) < 4.78 is 0. The first kappa shape index (κ1) is 20.3. The number of rotatable bonds is 7. The fourth-order valence-electron chi connectivity index (χ4n) is 4.63. The Hall–Kier alpha value is -1.39. The molecular formula is C23H37N3O. The molecule has 2 saturated heterocycles. The van der Waals surface area contributed by atoms with Gasteiger partial charge in [-0.25, -0.2) is 0 Å². The number of carbonyl (C=O) groups excluding carboxylic acids is 1. The molecule has 2 fully saturated rings. The van der Waals surface area contributed by atoms with Crippen LogP contribution in [0.4, 0.5) is 0 Å². The molecule has 0 saturated carbocycles. The molecule has 1 amide bonds. The summed E-state index contributed by atoms with van der Waals surface area (Å²) in [5, 5.41) is 6.68. The molecule has 4 nitrogen and oxygen atoms in total. The van der Waals surface area contributed by atoms with E-state index in [1.165, 1.54) is 31.2 Å². The van der Waals surface area contributed by atoms with Crippen molar-refractivity contribution in [2.24, 2.45) is 17.8 Å². The van der Waals surface area contributed by atoms with Gasteiger partial charge >= 0.3 is 0 Å². The molecule has 27 heavy (non-hydrogen) atoms. The maximum absolute atomic E-state index is 12.6. The molecule has 2 aliphatic heterocycles. The van der Waals surface area contributed by atoms with E-state index in [1.807, 2.05) is 0 Å². The fraction of sp³-hybridized carbons (Fsp3) is 0.696. The average Bonchev–Trinajstić information content (AvgIpc) is 2.71. The first-order chi connectivity index (χ1) is 13.1. The lowest BCUT2D eigenvalue weighted by molar-refractivity contribution is -0.122. The van der Waals surface area contributed by atoms with Crippen LogP contribution in [0.3, 0.4) is 0 Å². The van der Waals surface area contributed by atoms with E-state index in [0.717, 1.165) is 38.6 Å². The van der Waals surface area contributed by atoms with Gasteiger partial charge in [0.2, 0.25) is 5.91 Å². The maximum Gasteiger partial charge on any atom is 0.220 e. The standard InChI is InChI=1S/C23H37N3O/c1-18-10-14-26(15-11-18)22(21-6-4-3-5-7-21)17-25-23(27)16-19(2)20-8-12-24-13-9-20/h3-7,18-20,22,24H,8-17H2,1-2H3,(H,25,27). The lowest BCUT2D eigenvalue weighted by atomic mass is 9.84. The summed E-state index contributed by atoms with van der Waals surface area (Å²) in [5.41, 5.74) is 1.32. The minimum Gasteiger partial charge on any atom is -0.354 e. The lowest BCUT2D eigenvalue weighted by Crippen LogP contribution is -2.42. The summed E-state index contributed by atoms with van der Waals surface area (Å²) in [7, 11) is 0. The molecule has 2 aliphatic rings. The maximum atomic E-state index is 12.6. The van der Waals surface area contributed by atoms with Gasteiger partial charge in [-0.1, -0.05) is 44.2 Å². The average molecular weight is 372 g/mol. The number of nitrogens with one attached hydrogen (secondary N) is 2. The second-order valence-electron chi connectivity index (χ2n) is 8.72. The smallest absolute Gasteiger partial charge is 0.220 e. The summed E-state index contributed by atoms with van der Waals surface area (Å²) in [4.78, 5) is 15.2. The highest BCUT2D eigenvalue weighted by molar-refractivity contribution is 5.76. The van der Waals surface area contributed by atoms with E-state index < -0.39 is 0 Å². The molecule has 4 heteroatoms. The summed E-state index contributed by atoms with van der Waals surface area (Å²) in [6, 6.07) is 11.0. The number of piperidine rings is 2. The van der Waals surface area contributed by atoms with E-state index in [2.05, 4.69) is 59.7 Å². The second-order valence-corrected chi connectivity index (χ2v) is 8.72. The molecule has 0 aliphatic carbocycles. The highest BCUT2D eigenvalue weighted by atomic mass is 16.1. The van der Waals surface area contributed by atoms with E-state index in [0.29, 0.717) is 18.3 Å². The van der Waals surface area contributed by atoms with Crippen LogP contribution in [-0.2, 0) is 4.79 Å². The number of amides is 1. The first-order valence-corrected chi connectivity index (χ1v) is 10.9. The van der Waals surface area contributed by atoms with E-state index >= 15 is 0 Å². The second kappa shape index (κ2) is 10.2. The molecule has 2 N–H and O–H groups in total. The van der Waals surface area contributed by atoms with Crippen LogP contribution < -0.4 is 10.6 Å². The van der Waals surface area contributed by atoms with Crippen LogP contribution in [0.2, 0.25) is 0 Å². The van der Waals surface area contributed by atoms with Crippen molar-refractivity contribution in [3.63, 3.8) is 0 Å². The number of benzene rings is 1. The summed E-state index contributed by atoms with van der Waals surface area (Å²) in [5.74, 6) is 2.19. The van der Waals surface area contributed by atoms with Crippen molar-refractivity contribution in [1.82, 2.24) is 15.5 Å². The number of hydrogen-bond donors (Lipinski definition) is 2. The van der Waals surface area contributed by atoms with Crippen LogP contribution in [0.15, 0.2) is 30.3 Å². The minimum atomic E-state index is 0.215. The third-order valence-electron chi connectivity index (χ3n) is 6.63. The Balaban J connectivity index is 1.54. The van der Waals surface area contributed by atoms with Crippen molar-refractivity contribution in [1.29, 1.82) is 0 Å². The summed E-state index contributed by atoms with van der Waals surface area (Å²) in [6.45, 7) is 9.76. The number of hydrogen-bond acceptors (Lipinski definition) is 3. The topological polar surface area (TPSA) is 44.4 Å². The third-order valence-corrected chi connectivity index (χ3v) is 6.63. The Morgan fingerprint density at radius 3 is 2.48 bits per heavy atom. The van der Waals surface area contributed by atoms with E-state index in [9.17, 15) is 4.79 Å². The van der Waals surface area contributed by atoms with Crippen molar-refractivity contribution < 1.29 is 4.79 Å². The van der Waals surface area contributed by atoms with Gasteiger partial charge in [0.1, 0.15) is 0 Å². The molecule has 1 aromatic carbocycles. The molecule has 0 bridgehead atoms. The fourth-order valence-corrected chi connectivity index (χ4v) is 4.63. The predicted octanol–water partition coefficient (Wildman–Crippen LogP) is 3.60. The molecule has 3 rings (SSSR count). The van der Waals surface area contributed by atoms with Gasteiger partial charge in [-0.3, -0.25) is 9.69 Å².